The van der Waals surface area contributed by atoms with Crippen LogP contribution in [-0.4, -0.2) is 54.8 Å². The number of nitrogens with one attached hydrogen (secondary N) is 3. The minimum atomic E-state index is -1.21. The van der Waals surface area contributed by atoms with Crippen LogP contribution in [0.25, 0.3) is 11.3 Å². The molecule has 44 heavy (non-hydrogen) atoms. The first-order valence-electron chi connectivity index (χ1n) is 13.6. The highest BCUT2D eigenvalue weighted by Gasteiger charge is 2.32. The van der Waals surface area contributed by atoms with Gasteiger partial charge in [0.05, 0.1) is 36.5 Å². The van der Waals surface area contributed by atoms with E-state index in [1.165, 1.54) is 19.4 Å². The maximum atomic E-state index is 12.4. The fourth-order valence-corrected chi connectivity index (χ4v) is 4.56. The Balaban J connectivity index is 1.40. The number of hydrazone groups is 1. The summed E-state index contributed by atoms with van der Waals surface area (Å²) in [6.45, 7) is 6.99. The molecule has 0 saturated heterocycles. The number of aliphatic hydroxyl groups is 1. The Morgan fingerprint density at radius 2 is 1.95 bits per heavy atom. The molecule has 0 saturated carbocycles. The number of amides is 2. The fourth-order valence-electron chi connectivity index (χ4n) is 4.56. The van der Waals surface area contributed by atoms with E-state index in [0.717, 1.165) is 5.56 Å². The maximum Gasteiger partial charge on any atom is 0.337 e. The van der Waals surface area contributed by atoms with Gasteiger partial charge in [0.25, 0.3) is 5.69 Å². The van der Waals surface area contributed by atoms with Crippen LogP contribution in [0, 0.1) is 24.0 Å². The largest absolute Gasteiger partial charge is 0.490 e. The van der Waals surface area contributed by atoms with Crippen LogP contribution in [0.4, 0.5) is 10.5 Å². The van der Waals surface area contributed by atoms with E-state index >= 15 is 0 Å². The van der Waals surface area contributed by atoms with Crippen molar-refractivity contribution in [2.24, 2.45) is 5.10 Å². The zero-order chi connectivity index (χ0) is 32.0. The minimum Gasteiger partial charge on any atom is -0.490 e. The Hall–Kier alpha value is -5.37. The lowest BCUT2D eigenvalue weighted by Gasteiger charge is -2.28. The maximum absolute atomic E-state index is 12.4. The molecule has 0 unspecified atom stereocenters. The minimum absolute atomic E-state index is 0.00877. The van der Waals surface area contributed by atoms with Crippen LogP contribution in [0.5, 0.6) is 11.5 Å². The Morgan fingerprint density at radius 3 is 2.66 bits per heavy atom. The van der Waals surface area contributed by atoms with E-state index in [1.807, 2.05) is 6.07 Å². The number of allylic oxidation sites excluding steroid dienone is 1. The number of hydrogen-bond donors (Lipinski definition) is 4. The third kappa shape index (κ3) is 7.15. The molecule has 1 aliphatic heterocycles. The molecule has 14 heteroatoms. The molecule has 2 amide bonds. The summed E-state index contributed by atoms with van der Waals surface area (Å²) in [5.41, 5.74) is 5.65. The predicted molar refractivity (Wildman–Crippen MR) is 159 cm³/mol. The highest BCUT2D eigenvalue weighted by atomic mass is 16.6. The van der Waals surface area contributed by atoms with Gasteiger partial charge >= 0.3 is 12.0 Å². The van der Waals surface area contributed by atoms with Crippen molar-refractivity contribution in [3.63, 3.8) is 0 Å². The molecule has 0 fully saturated rings. The first-order valence-corrected chi connectivity index (χ1v) is 13.6. The van der Waals surface area contributed by atoms with E-state index < -0.39 is 29.2 Å². The van der Waals surface area contributed by atoms with Crippen LogP contribution in [0.3, 0.4) is 0 Å². The van der Waals surface area contributed by atoms with E-state index in [0.29, 0.717) is 52.0 Å². The predicted octanol–water partition coefficient (Wildman–Crippen LogP) is 3.99. The third-order valence-electron chi connectivity index (χ3n) is 6.84. The number of benzene rings is 2. The molecule has 4 N–H and O–H groups in total. The number of hydrogen-bond acceptors (Lipinski definition) is 11. The molecular formula is C30H33N5O9. The number of nitro benzene ring substituents is 1. The molecule has 2 heterocycles. The number of nitrogens with zero attached hydrogens (tertiary/aromatic N) is 2. The van der Waals surface area contributed by atoms with Crippen molar-refractivity contribution < 1.29 is 38.2 Å². The zero-order valence-corrected chi connectivity index (χ0v) is 24.8. The molecular weight excluding hydrogens is 574 g/mol. The average Bonchev–Trinajstić information content (AvgIpc) is 3.46. The summed E-state index contributed by atoms with van der Waals surface area (Å²) < 4.78 is 22.1. The number of urea groups is 1. The second kappa shape index (κ2) is 13.7. The van der Waals surface area contributed by atoms with Crippen molar-refractivity contribution in [3.05, 3.63) is 86.3 Å². The smallest absolute Gasteiger partial charge is 0.337 e. The van der Waals surface area contributed by atoms with E-state index in [1.54, 1.807) is 58.0 Å². The topological polar surface area (TPSA) is 187 Å². The lowest BCUT2D eigenvalue weighted by Crippen LogP contribution is -2.45. The van der Waals surface area contributed by atoms with Gasteiger partial charge in [0, 0.05) is 22.9 Å². The van der Waals surface area contributed by atoms with Crippen molar-refractivity contribution in [1.82, 2.24) is 16.1 Å². The van der Waals surface area contributed by atoms with Crippen LogP contribution < -0.4 is 25.5 Å². The zero-order valence-electron chi connectivity index (χ0n) is 24.8. The molecule has 1 aliphatic rings. The molecule has 1 aromatic heterocycles. The van der Waals surface area contributed by atoms with Gasteiger partial charge in [-0.25, -0.2) is 9.59 Å². The van der Waals surface area contributed by atoms with Crippen LogP contribution in [0.15, 0.2) is 63.3 Å². The number of nitro groups is 1. The van der Waals surface area contributed by atoms with Gasteiger partial charge in [-0.15, -0.1) is 0 Å². The Labute approximate surface area is 252 Å². The van der Waals surface area contributed by atoms with Gasteiger partial charge in [0.2, 0.25) is 0 Å². The summed E-state index contributed by atoms with van der Waals surface area (Å²) in [5, 5.41) is 31.0. The number of ether oxygens (including phenoxy) is 3. The Morgan fingerprint density at radius 1 is 1.18 bits per heavy atom. The summed E-state index contributed by atoms with van der Waals surface area (Å²) in [6.07, 6.45) is 0.141. The fraction of sp³-hybridized carbons (Fsp3) is 0.300. The molecule has 0 bridgehead atoms. The third-order valence-corrected chi connectivity index (χ3v) is 6.84. The van der Waals surface area contributed by atoms with Gasteiger partial charge in [0.15, 0.2) is 17.7 Å². The summed E-state index contributed by atoms with van der Waals surface area (Å²) in [5.74, 6) is 0.857. The van der Waals surface area contributed by atoms with Crippen molar-refractivity contribution in [2.45, 2.75) is 40.0 Å². The number of aryl methyl sites for hydroxylation is 1. The number of carbonyl (C=O) groups excluding carboxylic acids is 2. The molecule has 0 radical (unpaired) electrons. The van der Waals surface area contributed by atoms with E-state index in [9.17, 15) is 24.8 Å². The van der Waals surface area contributed by atoms with Crippen molar-refractivity contribution in [2.75, 3.05) is 20.3 Å². The monoisotopic (exact) mass is 607 g/mol. The molecule has 2 aromatic carbocycles. The second-order valence-corrected chi connectivity index (χ2v) is 9.81. The SMILES string of the molecule is CCOc1cc([C@@H]2NC(=O)NC(C)=C2C(=O)OC)ccc1OC[C@H](O)N/N=C/c1ccc(-c2cc(C)c(C)c([N+](=O)[O-])c2)o1. The molecule has 232 valence electrons. The standard InChI is InChI=1S/C30H33N5O9/c1-6-42-25-13-19(28-27(29(37)41-5)18(4)32-30(38)33-28)7-9-24(25)43-15-26(36)34-31-14-21-8-10-23(44-21)20-11-16(2)17(3)22(12-20)35(39)40/h7-14,26,28,34,36H,6,15H2,1-5H3,(H2,32,33,38)/b31-14+/t26-,28-/m0/s1. The average molecular weight is 608 g/mol. The lowest BCUT2D eigenvalue weighted by atomic mass is 9.95. The number of esters is 1. The molecule has 0 spiro atoms. The van der Waals surface area contributed by atoms with Crippen molar-refractivity contribution >= 4 is 23.9 Å². The second-order valence-electron chi connectivity index (χ2n) is 9.81. The summed E-state index contributed by atoms with van der Waals surface area (Å²) in [4.78, 5) is 35.5. The van der Waals surface area contributed by atoms with Gasteiger partial charge in [-0.3, -0.25) is 15.5 Å². The van der Waals surface area contributed by atoms with Gasteiger partial charge in [-0.1, -0.05) is 6.07 Å². The Kier molecular flexibility index (Phi) is 9.85. The first kappa shape index (κ1) is 31.6. The first-order chi connectivity index (χ1) is 21.0. The highest BCUT2D eigenvalue weighted by molar-refractivity contribution is 5.95. The van der Waals surface area contributed by atoms with E-state index in [2.05, 4.69) is 21.2 Å². The quantitative estimate of drug-likeness (QED) is 0.0771. The van der Waals surface area contributed by atoms with Crippen LogP contribution >= 0.6 is 0 Å². The van der Waals surface area contributed by atoms with E-state index in [4.69, 9.17) is 18.6 Å². The van der Waals surface area contributed by atoms with Crippen LogP contribution in [0.1, 0.15) is 42.3 Å². The normalized spacial score (nSPS) is 15.4. The number of carbonyl (C=O) groups is 2. The van der Waals surface area contributed by atoms with Gasteiger partial charge in [-0.2, -0.15) is 5.10 Å². The number of aliphatic hydroxyl groups excluding tert-OH is 1. The molecule has 14 nitrogen and oxygen atoms in total. The van der Waals surface area contributed by atoms with Gasteiger partial charge in [0.1, 0.15) is 18.1 Å². The number of rotatable bonds is 12. The number of methoxy groups -OCH3 is 1. The molecule has 2 atom stereocenters. The van der Waals surface area contributed by atoms with Crippen LogP contribution in [0.2, 0.25) is 0 Å². The number of furan rings is 1. The van der Waals surface area contributed by atoms with Gasteiger partial charge in [-0.05, 0) is 69.2 Å². The summed E-state index contributed by atoms with van der Waals surface area (Å²) >= 11 is 0. The van der Waals surface area contributed by atoms with Crippen LogP contribution in [-0.2, 0) is 9.53 Å². The highest BCUT2D eigenvalue weighted by Crippen LogP contribution is 2.35. The van der Waals surface area contributed by atoms with Crippen molar-refractivity contribution in [1.29, 1.82) is 0 Å². The molecule has 0 aliphatic carbocycles. The summed E-state index contributed by atoms with van der Waals surface area (Å²) in [6, 6.07) is 10.3. The molecule has 4 rings (SSSR count). The summed E-state index contributed by atoms with van der Waals surface area (Å²) in [7, 11) is 1.26. The Bertz CT molecular complexity index is 1630. The van der Waals surface area contributed by atoms with E-state index in [-0.39, 0.29) is 17.9 Å². The van der Waals surface area contributed by atoms with Gasteiger partial charge < -0.3 is 34.4 Å². The van der Waals surface area contributed by atoms with Crippen molar-refractivity contribution in [3.8, 4) is 22.8 Å². The lowest BCUT2D eigenvalue weighted by molar-refractivity contribution is -0.385. The molecule has 3 aromatic rings.